The van der Waals surface area contributed by atoms with Crippen LogP contribution in [0.3, 0.4) is 0 Å². The van der Waals surface area contributed by atoms with Crippen LogP contribution >= 0.6 is 0 Å². The van der Waals surface area contributed by atoms with Gasteiger partial charge in [0.1, 0.15) is 11.4 Å². The van der Waals surface area contributed by atoms with Crippen molar-refractivity contribution < 1.29 is 14.6 Å². The molecule has 4 aliphatic carbocycles. The lowest BCUT2D eigenvalue weighted by Gasteiger charge is -2.53. The number of methoxy groups -OCH3 is 1. The number of carbonyl (C=O) groups is 1. The van der Waals surface area contributed by atoms with Gasteiger partial charge in [-0.3, -0.25) is 4.79 Å². The molecule has 180 valence electrons. The van der Waals surface area contributed by atoms with Gasteiger partial charge in [0.2, 0.25) is 0 Å². The van der Waals surface area contributed by atoms with Crippen LogP contribution in [0.1, 0.15) is 95.6 Å². The van der Waals surface area contributed by atoms with Gasteiger partial charge in [-0.1, -0.05) is 44.4 Å². The van der Waals surface area contributed by atoms with Gasteiger partial charge in [0.25, 0.3) is 0 Å². The molecule has 2 fully saturated rings. The van der Waals surface area contributed by atoms with E-state index in [2.05, 4.69) is 50.8 Å². The van der Waals surface area contributed by atoms with Gasteiger partial charge >= 0.3 is 0 Å². The summed E-state index contributed by atoms with van der Waals surface area (Å²) < 4.78 is 5.84. The summed E-state index contributed by atoms with van der Waals surface area (Å²) in [4.78, 5) is 12.2. The average molecular weight is 459 g/mol. The highest BCUT2D eigenvalue weighted by molar-refractivity contribution is 5.93. The minimum atomic E-state index is -0.943. The van der Waals surface area contributed by atoms with Crippen molar-refractivity contribution in [2.24, 2.45) is 17.3 Å². The van der Waals surface area contributed by atoms with Gasteiger partial charge in [0, 0.05) is 17.8 Å². The summed E-state index contributed by atoms with van der Waals surface area (Å²) >= 11 is 0. The highest BCUT2D eigenvalue weighted by atomic mass is 16.5. The lowest BCUT2D eigenvalue weighted by atomic mass is 9.51. The predicted molar refractivity (Wildman–Crippen MR) is 136 cm³/mol. The summed E-state index contributed by atoms with van der Waals surface area (Å²) in [5.41, 5.74) is 5.54. The molecule has 4 aliphatic rings. The van der Waals surface area contributed by atoms with E-state index in [0.717, 1.165) is 44.3 Å². The van der Waals surface area contributed by atoms with Crippen molar-refractivity contribution in [3.05, 3.63) is 52.1 Å². The van der Waals surface area contributed by atoms with E-state index in [4.69, 9.17) is 4.74 Å². The molecule has 1 N–H and O–H groups in total. The Hall–Kier alpha value is -2.31. The average Bonchev–Trinajstić information content (AvgIpc) is 3.08. The molecule has 3 nitrogen and oxygen atoms in total. The third-order valence-corrected chi connectivity index (χ3v) is 9.50. The summed E-state index contributed by atoms with van der Waals surface area (Å²) in [5.74, 6) is 8.96. The molecule has 0 aromatic heterocycles. The summed E-state index contributed by atoms with van der Waals surface area (Å²) in [5, 5.41) is 11.8. The monoisotopic (exact) mass is 458 g/mol. The van der Waals surface area contributed by atoms with Crippen molar-refractivity contribution >= 4 is 5.78 Å². The summed E-state index contributed by atoms with van der Waals surface area (Å²) in [7, 11) is 1.76. The van der Waals surface area contributed by atoms with Crippen LogP contribution in [0.2, 0.25) is 0 Å². The Labute approximate surface area is 204 Å². The largest absolute Gasteiger partial charge is 0.496 e. The van der Waals surface area contributed by atoms with Crippen molar-refractivity contribution in [1.29, 1.82) is 0 Å². The highest BCUT2D eigenvalue weighted by Crippen LogP contribution is 2.66. The fourth-order valence-electron chi connectivity index (χ4n) is 7.80. The Morgan fingerprint density at radius 2 is 1.97 bits per heavy atom. The fraction of sp³-hybridized carbons (Fsp3) is 0.581. The van der Waals surface area contributed by atoms with E-state index in [1.54, 1.807) is 12.7 Å². The SMILES string of the molecule is CC#C[C@]1(O)CC[C@H]2[C@@H]3CCC4=CC(=O)CCC4=C3[C@@H](c3ccc(C(C)C)c(OC)c3)C[C@@]21C. The van der Waals surface area contributed by atoms with Gasteiger partial charge in [-0.05, 0) is 97.6 Å². The van der Waals surface area contributed by atoms with Crippen LogP contribution < -0.4 is 4.74 Å². The molecule has 3 heteroatoms. The van der Waals surface area contributed by atoms with Gasteiger partial charge in [-0.15, -0.1) is 5.92 Å². The molecule has 5 rings (SSSR count). The Balaban J connectivity index is 1.70. The van der Waals surface area contributed by atoms with E-state index in [1.165, 1.54) is 22.3 Å². The van der Waals surface area contributed by atoms with Crippen LogP contribution in [-0.2, 0) is 4.79 Å². The van der Waals surface area contributed by atoms with Gasteiger partial charge in [0.05, 0.1) is 7.11 Å². The van der Waals surface area contributed by atoms with Crippen molar-refractivity contribution in [3.8, 4) is 17.6 Å². The predicted octanol–water partition coefficient (Wildman–Crippen LogP) is 6.47. The highest BCUT2D eigenvalue weighted by Gasteiger charge is 2.62. The maximum atomic E-state index is 12.2. The number of fused-ring (bicyclic) bond motifs is 4. The Morgan fingerprint density at radius 1 is 1.18 bits per heavy atom. The van der Waals surface area contributed by atoms with Gasteiger partial charge in [0.15, 0.2) is 5.78 Å². The molecule has 0 unspecified atom stereocenters. The van der Waals surface area contributed by atoms with Gasteiger partial charge in [-0.25, -0.2) is 0 Å². The molecular weight excluding hydrogens is 420 g/mol. The minimum Gasteiger partial charge on any atom is -0.496 e. The standard InChI is InChI=1S/C31H38O3/c1-6-14-31(33)15-13-27-25-11-8-20-16-22(32)9-12-24(20)29(25)26(18-30(27,31)4)21-7-10-23(19(2)3)28(17-21)34-5/h7,10,16-17,19,25-27,33H,8-9,11-13,15,18H2,1-5H3/t25-,26+,27-,30-,31-/m0/s1. The number of rotatable bonds is 3. The first-order chi connectivity index (χ1) is 16.2. The molecule has 5 atom stereocenters. The summed E-state index contributed by atoms with van der Waals surface area (Å²) in [6, 6.07) is 6.74. The van der Waals surface area contributed by atoms with Crippen molar-refractivity contribution in [3.63, 3.8) is 0 Å². The lowest BCUT2D eigenvalue weighted by molar-refractivity contribution is -0.114. The van der Waals surface area contributed by atoms with E-state index < -0.39 is 5.60 Å². The maximum absolute atomic E-state index is 12.2. The number of hydrogen-bond acceptors (Lipinski definition) is 3. The molecule has 2 saturated carbocycles. The molecule has 34 heavy (non-hydrogen) atoms. The molecule has 0 heterocycles. The third-order valence-electron chi connectivity index (χ3n) is 9.50. The molecule has 1 aromatic carbocycles. The Kier molecular flexibility index (Phi) is 5.80. The van der Waals surface area contributed by atoms with Crippen molar-refractivity contribution in [1.82, 2.24) is 0 Å². The van der Waals surface area contributed by atoms with Crippen LogP contribution in [-0.4, -0.2) is 23.6 Å². The van der Waals surface area contributed by atoms with Gasteiger partial charge < -0.3 is 9.84 Å². The summed E-state index contributed by atoms with van der Waals surface area (Å²) in [6.45, 7) is 8.53. The molecule has 0 aliphatic heterocycles. The minimum absolute atomic E-state index is 0.205. The second-order valence-electron chi connectivity index (χ2n) is 11.4. The van der Waals surface area contributed by atoms with Crippen molar-refractivity contribution in [2.75, 3.05) is 7.11 Å². The smallest absolute Gasteiger partial charge is 0.156 e. The number of benzene rings is 1. The van der Waals surface area contributed by atoms with Crippen molar-refractivity contribution in [2.45, 2.75) is 90.1 Å². The number of carbonyl (C=O) groups excluding carboxylic acids is 1. The van der Waals surface area contributed by atoms with E-state index in [0.29, 0.717) is 24.2 Å². The van der Waals surface area contributed by atoms with E-state index in [9.17, 15) is 9.90 Å². The normalized spacial score (nSPS) is 34.6. The van der Waals surface area contributed by atoms with Crippen LogP contribution in [0.15, 0.2) is 41.0 Å². The van der Waals surface area contributed by atoms with E-state index in [1.807, 2.05) is 13.0 Å². The molecular formula is C31H38O3. The van der Waals surface area contributed by atoms with Crippen LogP contribution in [0.25, 0.3) is 0 Å². The molecule has 0 spiro atoms. The number of allylic oxidation sites excluding steroid dienone is 4. The Bertz CT molecular complexity index is 1140. The molecule has 0 amide bonds. The lowest BCUT2D eigenvalue weighted by Crippen LogP contribution is -2.51. The summed E-state index contributed by atoms with van der Waals surface area (Å²) in [6.07, 6.45) is 8.07. The molecule has 0 bridgehead atoms. The Morgan fingerprint density at radius 3 is 2.68 bits per heavy atom. The number of ketones is 1. The first-order valence-corrected chi connectivity index (χ1v) is 13.0. The molecule has 0 saturated heterocycles. The van der Waals surface area contributed by atoms with Crippen LogP contribution in [0, 0.1) is 29.1 Å². The fourth-order valence-corrected chi connectivity index (χ4v) is 7.80. The van der Waals surface area contributed by atoms with E-state index in [-0.39, 0.29) is 17.1 Å². The van der Waals surface area contributed by atoms with Crippen LogP contribution in [0.4, 0.5) is 0 Å². The second kappa shape index (κ2) is 8.42. The first kappa shape index (κ1) is 23.4. The number of hydrogen-bond donors (Lipinski definition) is 1. The van der Waals surface area contributed by atoms with E-state index >= 15 is 0 Å². The maximum Gasteiger partial charge on any atom is 0.156 e. The third kappa shape index (κ3) is 3.41. The first-order valence-electron chi connectivity index (χ1n) is 13.0. The van der Waals surface area contributed by atoms with Gasteiger partial charge in [-0.2, -0.15) is 0 Å². The zero-order valence-electron chi connectivity index (χ0n) is 21.3. The molecule has 0 radical (unpaired) electrons. The number of ether oxygens (including phenoxy) is 1. The topological polar surface area (TPSA) is 46.5 Å². The molecule has 1 aromatic rings. The zero-order chi connectivity index (χ0) is 24.3. The number of aliphatic hydroxyl groups is 1. The quantitative estimate of drug-likeness (QED) is 0.528. The van der Waals surface area contributed by atoms with Crippen LogP contribution in [0.5, 0.6) is 5.75 Å². The zero-order valence-corrected chi connectivity index (χ0v) is 21.3. The second-order valence-corrected chi connectivity index (χ2v) is 11.4.